The van der Waals surface area contributed by atoms with Gasteiger partial charge in [0.1, 0.15) is 17.9 Å². The number of anilines is 1. The van der Waals surface area contributed by atoms with E-state index < -0.39 is 39.9 Å². The molecule has 0 bridgehead atoms. The SMILES string of the molecule is C[C@@H](NC(=O)C1CC(C(=O)Nc2ccc(F)c(Cl)c2)N(C)S(=O)(=O)N1)C1CCCCC1. The normalized spacial score (nSPS) is 25.5. The van der Waals surface area contributed by atoms with Crippen LogP contribution in [0.2, 0.25) is 5.02 Å². The van der Waals surface area contributed by atoms with Crippen LogP contribution in [0.3, 0.4) is 0 Å². The van der Waals surface area contributed by atoms with Gasteiger partial charge in [-0.05, 0) is 50.3 Å². The van der Waals surface area contributed by atoms with Crippen LogP contribution < -0.4 is 15.4 Å². The molecule has 1 aromatic carbocycles. The van der Waals surface area contributed by atoms with Crippen molar-refractivity contribution < 1.29 is 22.4 Å². The van der Waals surface area contributed by atoms with Crippen molar-refractivity contribution in [1.82, 2.24) is 14.3 Å². The number of amides is 2. The molecule has 2 amide bonds. The zero-order valence-corrected chi connectivity index (χ0v) is 19.1. The topological polar surface area (TPSA) is 108 Å². The maximum absolute atomic E-state index is 13.3. The van der Waals surface area contributed by atoms with Crippen LogP contribution in [0.5, 0.6) is 0 Å². The first-order valence-electron chi connectivity index (χ1n) is 10.4. The van der Waals surface area contributed by atoms with Gasteiger partial charge in [0.05, 0.1) is 5.02 Å². The quantitative estimate of drug-likeness (QED) is 0.609. The number of rotatable bonds is 5. The zero-order valence-electron chi connectivity index (χ0n) is 17.5. The van der Waals surface area contributed by atoms with Crippen molar-refractivity contribution >= 4 is 39.3 Å². The Hall–Kier alpha value is -1.75. The van der Waals surface area contributed by atoms with Gasteiger partial charge in [-0.1, -0.05) is 30.9 Å². The summed E-state index contributed by atoms with van der Waals surface area (Å²) in [4.78, 5) is 25.6. The molecule has 3 rings (SSSR count). The van der Waals surface area contributed by atoms with Crippen LogP contribution in [0, 0.1) is 11.7 Å². The first kappa shape index (κ1) is 23.9. The Bertz CT molecular complexity index is 939. The lowest BCUT2D eigenvalue weighted by atomic mass is 9.84. The standard InChI is InChI=1S/C20H28ClFN4O4S/c1-12(13-6-4-3-5-7-13)23-19(27)17-11-18(26(2)31(29,30)25-17)20(28)24-14-8-9-16(22)15(21)10-14/h8-10,12-13,17-18,25H,3-7,11H2,1-2H3,(H,23,27)(H,24,28)/t12-,17?,18?/m1/s1. The number of likely N-dealkylation sites (N-methyl/N-ethyl adjacent to an activating group) is 1. The lowest BCUT2D eigenvalue weighted by Crippen LogP contribution is -2.63. The zero-order chi connectivity index (χ0) is 22.8. The van der Waals surface area contributed by atoms with Crippen molar-refractivity contribution in [2.45, 2.75) is 63.6 Å². The fourth-order valence-corrected chi connectivity index (χ4v) is 5.59. The minimum absolute atomic E-state index is 0.0420. The Morgan fingerprint density at radius 1 is 1.23 bits per heavy atom. The fourth-order valence-electron chi connectivity index (χ4n) is 4.16. The second-order valence-electron chi connectivity index (χ2n) is 8.26. The molecular formula is C20H28ClFN4O4S. The Balaban J connectivity index is 1.69. The van der Waals surface area contributed by atoms with Crippen LogP contribution in [0.15, 0.2) is 18.2 Å². The molecule has 2 aliphatic rings. The molecule has 11 heteroatoms. The Labute approximate surface area is 187 Å². The highest BCUT2D eigenvalue weighted by atomic mass is 35.5. The third-order valence-electron chi connectivity index (χ3n) is 6.10. The number of hydrogen-bond acceptors (Lipinski definition) is 4. The highest BCUT2D eigenvalue weighted by Gasteiger charge is 2.43. The van der Waals surface area contributed by atoms with E-state index in [4.69, 9.17) is 11.6 Å². The molecule has 1 aromatic rings. The fraction of sp³-hybridized carbons (Fsp3) is 0.600. The number of halogens is 2. The van der Waals surface area contributed by atoms with Gasteiger partial charge in [0.25, 0.3) is 10.2 Å². The van der Waals surface area contributed by atoms with E-state index in [-0.39, 0.29) is 23.2 Å². The van der Waals surface area contributed by atoms with Crippen LogP contribution in [0.4, 0.5) is 10.1 Å². The summed E-state index contributed by atoms with van der Waals surface area (Å²) >= 11 is 5.74. The molecule has 31 heavy (non-hydrogen) atoms. The molecule has 1 aliphatic carbocycles. The summed E-state index contributed by atoms with van der Waals surface area (Å²) in [5, 5.41) is 5.30. The molecule has 1 heterocycles. The summed E-state index contributed by atoms with van der Waals surface area (Å²) in [6, 6.07) is 1.40. The molecule has 1 saturated heterocycles. The van der Waals surface area contributed by atoms with Gasteiger partial charge < -0.3 is 10.6 Å². The van der Waals surface area contributed by atoms with Crippen LogP contribution in [0.25, 0.3) is 0 Å². The molecule has 172 valence electrons. The third-order valence-corrected chi connectivity index (χ3v) is 7.99. The van der Waals surface area contributed by atoms with Gasteiger partial charge in [-0.25, -0.2) is 4.39 Å². The monoisotopic (exact) mass is 474 g/mol. The van der Waals surface area contributed by atoms with Gasteiger partial charge in [-0.3, -0.25) is 9.59 Å². The molecule has 3 N–H and O–H groups in total. The molecule has 0 radical (unpaired) electrons. The predicted octanol–water partition coefficient (Wildman–Crippen LogP) is 2.41. The second-order valence-corrected chi connectivity index (χ2v) is 10.4. The van der Waals surface area contributed by atoms with Gasteiger partial charge in [0, 0.05) is 18.8 Å². The van der Waals surface area contributed by atoms with Crippen molar-refractivity contribution in [3.05, 3.63) is 29.0 Å². The molecule has 3 atom stereocenters. The van der Waals surface area contributed by atoms with E-state index in [9.17, 15) is 22.4 Å². The molecule has 8 nitrogen and oxygen atoms in total. The van der Waals surface area contributed by atoms with Crippen molar-refractivity contribution in [1.29, 1.82) is 0 Å². The number of carbonyl (C=O) groups excluding carboxylic acids is 2. The number of nitrogens with one attached hydrogen (secondary N) is 3. The van der Waals surface area contributed by atoms with Crippen molar-refractivity contribution in [3.8, 4) is 0 Å². The molecule has 1 saturated carbocycles. The van der Waals surface area contributed by atoms with Crippen LogP contribution in [-0.2, 0) is 19.8 Å². The van der Waals surface area contributed by atoms with Gasteiger partial charge >= 0.3 is 0 Å². The highest BCUT2D eigenvalue weighted by molar-refractivity contribution is 7.87. The minimum Gasteiger partial charge on any atom is -0.352 e. The number of hydrogen-bond donors (Lipinski definition) is 3. The van der Waals surface area contributed by atoms with Crippen LogP contribution >= 0.6 is 11.6 Å². The Kier molecular flexibility index (Phi) is 7.56. The van der Waals surface area contributed by atoms with E-state index in [0.29, 0.717) is 5.92 Å². The summed E-state index contributed by atoms with van der Waals surface area (Å²) in [7, 11) is -2.78. The number of benzene rings is 1. The first-order chi connectivity index (χ1) is 14.6. The summed E-state index contributed by atoms with van der Waals surface area (Å²) in [6.45, 7) is 1.93. The van der Waals surface area contributed by atoms with E-state index in [2.05, 4.69) is 15.4 Å². The lowest BCUT2D eigenvalue weighted by molar-refractivity contribution is -0.125. The summed E-state index contributed by atoms with van der Waals surface area (Å²) < 4.78 is 41.7. The Morgan fingerprint density at radius 2 is 1.90 bits per heavy atom. The highest BCUT2D eigenvalue weighted by Crippen LogP contribution is 2.27. The summed E-state index contributed by atoms with van der Waals surface area (Å²) in [5.41, 5.74) is 0.229. The van der Waals surface area contributed by atoms with Crippen LogP contribution in [0.1, 0.15) is 45.4 Å². The van der Waals surface area contributed by atoms with E-state index >= 15 is 0 Å². The molecule has 0 spiro atoms. The van der Waals surface area contributed by atoms with Crippen LogP contribution in [-0.4, -0.2) is 49.7 Å². The van der Waals surface area contributed by atoms with Gasteiger partial charge in [-0.15, -0.1) is 0 Å². The average molecular weight is 475 g/mol. The molecule has 2 fully saturated rings. The minimum atomic E-state index is -4.04. The number of nitrogens with zero attached hydrogens (tertiary/aromatic N) is 1. The Morgan fingerprint density at radius 3 is 2.55 bits per heavy atom. The molecule has 1 aliphatic heterocycles. The van der Waals surface area contributed by atoms with Crippen molar-refractivity contribution in [2.24, 2.45) is 5.92 Å². The lowest BCUT2D eigenvalue weighted by Gasteiger charge is -2.36. The first-order valence-corrected chi connectivity index (χ1v) is 12.2. The second kappa shape index (κ2) is 9.81. The van der Waals surface area contributed by atoms with Crippen molar-refractivity contribution in [3.63, 3.8) is 0 Å². The van der Waals surface area contributed by atoms with E-state index in [1.165, 1.54) is 25.6 Å². The van der Waals surface area contributed by atoms with Gasteiger partial charge in [-0.2, -0.15) is 17.4 Å². The summed E-state index contributed by atoms with van der Waals surface area (Å²) in [5.74, 6) is -1.35. The molecule has 2 unspecified atom stereocenters. The molecule has 0 aromatic heterocycles. The predicted molar refractivity (Wildman–Crippen MR) is 116 cm³/mol. The van der Waals surface area contributed by atoms with Crippen molar-refractivity contribution in [2.75, 3.05) is 12.4 Å². The maximum atomic E-state index is 13.3. The van der Waals surface area contributed by atoms with E-state index in [0.717, 1.165) is 36.1 Å². The smallest absolute Gasteiger partial charge is 0.280 e. The summed E-state index contributed by atoms with van der Waals surface area (Å²) in [6.07, 6.45) is 5.47. The van der Waals surface area contributed by atoms with Gasteiger partial charge in [0.2, 0.25) is 11.8 Å². The maximum Gasteiger partial charge on any atom is 0.280 e. The van der Waals surface area contributed by atoms with Gasteiger partial charge in [0.15, 0.2) is 0 Å². The largest absolute Gasteiger partial charge is 0.352 e. The van der Waals surface area contributed by atoms with E-state index in [1.54, 1.807) is 0 Å². The van der Waals surface area contributed by atoms with E-state index in [1.807, 2.05) is 6.92 Å². The molecular weight excluding hydrogens is 447 g/mol. The number of carbonyl (C=O) groups is 2. The average Bonchev–Trinajstić information content (AvgIpc) is 2.73. The third kappa shape index (κ3) is 5.74.